The van der Waals surface area contributed by atoms with Gasteiger partial charge in [-0.2, -0.15) is 0 Å². The minimum absolute atomic E-state index is 0.135. The van der Waals surface area contributed by atoms with E-state index in [1.165, 1.54) is 28.5 Å². The Kier molecular flexibility index (Phi) is 12.5. The van der Waals surface area contributed by atoms with Gasteiger partial charge in [0.2, 0.25) is 11.8 Å². The average molecular weight is 515 g/mol. The normalized spacial score (nSPS) is 11.4. The van der Waals surface area contributed by atoms with Crippen LogP contribution in [0.1, 0.15) is 68.4 Å². The zero-order chi connectivity index (χ0) is 28.4. The van der Waals surface area contributed by atoms with Crippen molar-refractivity contribution in [1.29, 1.82) is 0 Å². The number of aryl methyl sites for hydroxylation is 4. The lowest BCUT2D eigenvalue weighted by molar-refractivity contribution is -0.143. The fourth-order valence-electron chi connectivity index (χ4n) is 4.17. The highest BCUT2D eigenvalue weighted by Crippen LogP contribution is 2.32. The molecule has 0 bridgehead atoms. The summed E-state index contributed by atoms with van der Waals surface area (Å²) in [5.41, 5.74) is 12.1. The molecule has 0 aliphatic carbocycles. The molecule has 204 valence electrons. The Morgan fingerprint density at radius 2 is 1.62 bits per heavy atom. The molecule has 2 amide bonds. The van der Waals surface area contributed by atoms with Gasteiger partial charge >= 0.3 is 5.97 Å². The summed E-state index contributed by atoms with van der Waals surface area (Å²) in [6, 6.07) is 7.48. The number of hydrogen-bond acceptors (Lipinski definition) is 4. The predicted octanol–water partition coefficient (Wildman–Crippen LogP) is 5.59. The molecule has 0 spiro atoms. The lowest BCUT2D eigenvalue weighted by Gasteiger charge is -2.25. The Morgan fingerprint density at radius 3 is 2.14 bits per heavy atom. The molecule has 0 fully saturated rings. The number of ether oxygens (including phenoxy) is 1. The first-order valence-electron chi connectivity index (χ1n) is 12.8. The molecule has 0 aliphatic rings. The molecule has 0 saturated carbocycles. The van der Waals surface area contributed by atoms with E-state index >= 15 is 0 Å². The number of benzene rings is 2. The van der Waals surface area contributed by atoms with Gasteiger partial charge in [-0.25, -0.2) is 4.39 Å². The fourth-order valence-corrected chi connectivity index (χ4v) is 4.17. The van der Waals surface area contributed by atoms with Gasteiger partial charge in [0.15, 0.2) is 0 Å². The number of likely N-dealkylation sites (N-methyl/N-ethyl adjacent to an activating group) is 1. The average Bonchev–Trinajstić information content (AvgIpc) is 2.81. The third kappa shape index (κ3) is 9.30. The van der Waals surface area contributed by atoms with Crippen molar-refractivity contribution >= 4 is 17.8 Å². The van der Waals surface area contributed by atoms with Gasteiger partial charge in [0, 0.05) is 20.4 Å². The Bertz CT molecular complexity index is 1110. The van der Waals surface area contributed by atoms with E-state index in [-0.39, 0.29) is 24.1 Å². The number of esters is 1. The van der Waals surface area contributed by atoms with Crippen LogP contribution in [-0.4, -0.2) is 42.4 Å². The number of amides is 2. The molecule has 37 heavy (non-hydrogen) atoms. The first-order valence-corrected chi connectivity index (χ1v) is 12.8. The number of nitrogens with zero attached hydrogens (tertiary/aromatic N) is 1. The topological polar surface area (TPSA) is 89.7 Å². The Labute approximate surface area is 221 Å². The molecule has 0 heterocycles. The summed E-state index contributed by atoms with van der Waals surface area (Å²) in [7, 11) is 1.60. The zero-order valence-electron chi connectivity index (χ0n) is 23.8. The highest BCUT2D eigenvalue weighted by molar-refractivity contribution is 5.85. The molecule has 2 aromatic carbocycles. The fraction of sp³-hybridized carbons (Fsp3) is 0.500. The second-order valence-corrected chi connectivity index (χ2v) is 9.95. The summed E-state index contributed by atoms with van der Waals surface area (Å²) in [5, 5.41) is 0. The molecule has 2 rings (SSSR count). The highest BCUT2D eigenvalue weighted by Gasteiger charge is 2.23. The van der Waals surface area contributed by atoms with E-state index < -0.39 is 11.9 Å². The standard InChI is InChI=1S/C21H25FO2.C9H18N2O2/c1-6-24-19(23)10-9-17-12-18(11-15(4)21(17)22)20-14(3)8-7-13(2)16(20)5;1-6(2)5-8(9(10)13)11(4)7(3)12/h7-8,11-12H,6,9-10H2,1-5H3;6,8H,5H2,1-4H3,(H2,10,13). The monoisotopic (exact) mass is 514 g/mol. The van der Waals surface area contributed by atoms with Crippen LogP contribution in [0.2, 0.25) is 0 Å². The van der Waals surface area contributed by atoms with Crippen molar-refractivity contribution in [2.45, 2.75) is 80.7 Å². The van der Waals surface area contributed by atoms with Crippen molar-refractivity contribution < 1.29 is 23.5 Å². The lowest BCUT2D eigenvalue weighted by Crippen LogP contribution is -2.45. The molecule has 0 radical (unpaired) electrons. The molecule has 1 unspecified atom stereocenters. The van der Waals surface area contributed by atoms with Crippen LogP contribution in [-0.2, 0) is 25.5 Å². The highest BCUT2D eigenvalue weighted by atomic mass is 19.1. The Morgan fingerprint density at radius 1 is 1.03 bits per heavy atom. The third-order valence-electron chi connectivity index (χ3n) is 6.45. The number of halogens is 1. The maximum atomic E-state index is 14.5. The number of primary amides is 1. The van der Waals surface area contributed by atoms with E-state index in [0.29, 0.717) is 36.5 Å². The predicted molar refractivity (Wildman–Crippen MR) is 147 cm³/mol. The molecular weight excluding hydrogens is 471 g/mol. The molecule has 0 aliphatic heterocycles. The van der Waals surface area contributed by atoms with Crippen molar-refractivity contribution in [3.63, 3.8) is 0 Å². The van der Waals surface area contributed by atoms with E-state index in [0.717, 1.165) is 11.1 Å². The molecule has 1 atom stereocenters. The van der Waals surface area contributed by atoms with Gasteiger partial charge in [-0.05, 0) is 104 Å². The van der Waals surface area contributed by atoms with Gasteiger partial charge in [-0.1, -0.05) is 26.0 Å². The quantitative estimate of drug-likeness (QED) is 0.442. The van der Waals surface area contributed by atoms with Crippen LogP contribution in [0.25, 0.3) is 11.1 Å². The van der Waals surface area contributed by atoms with E-state index in [4.69, 9.17) is 10.5 Å². The van der Waals surface area contributed by atoms with Crippen LogP contribution < -0.4 is 5.73 Å². The van der Waals surface area contributed by atoms with Gasteiger partial charge in [0.05, 0.1) is 6.61 Å². The van der Waals surface area contributed by atoms with Crippen LogP contribution >= 0.6 is 0 Å². The number of carbonyl (C=O) groups is 3. The van der Waals surface area contributed by atoms with Crippen LogP contribution in [0.15, 0.2) is 24.3 Å². The minimum Gasteiger partial charge on any atom is -0.466 e. The van der Waals surface area contributed by atoms with E-state index in [1.54, 1.807) is 20.9 Å². The zero-order valence-corrected chi connectivity index (χ0v) is 23.8. The molecule has 0 saturated heterocycles. The van der Waals surface area contributed by atoms with Crippen molar-refractivity contribution in [3.05, 3.63) is 57.9 Å². The van der Waals surface area contributed by atoms with Crippen molar-refractivity contribution in [1.82, 2.24) is 4.90 Å². The maximum absolute atomic E-state index is 14.5. The first-order chi connectivity index (χ1) is 17.2. The van der Waals surface area contributed by atoms with Crippen LogP contribution in [0, 0.1) is 39.4 Å². The molecule has 6 nitrogen and oxygen atoms in total. The number of rotatable bonds is 9. The molecule has 7 heteroatoms. The number of nitrogens with two attached hydrogens (primary N) is 1. The van der Waals surface area contributed by atoms with Gasteiger partial charge in [0.25, 0.3) is 0 Å². The van der Waals surface area contributed by atoms with Gasteiger partial charge in [0.1, 0.15) is 11.9 Å². The Balaban J connectivity index is 0.000000448. The second kappa shape index (κ2) is 14.5. The largest absolute Gasteiger partial charge is 0.466 e. The van der Waals surface area contributed by atoms with Crippen molar-refractivity contribution in [2.75, 3.05) is 13.7 Å². The molecule has 0 aromatic heterocycles. The Hall–Kier alpha value is -3.22. The first kappa shape index (κ1) is 31.8. The van der Waals surface area contributed by atoms with Gasteiger partial charge in [-0.15, -0.1) is 0 Å². The van der Waals surface area contributed by atoms with E-state index in [9.17, 15) is 18.8 Å². The van der Waals surface area contributed by atoms with Crippen LogP contribution in [0.3, 0.4) is 0 Å². The SMILES string of the molecule is CC(=O)N(C)C(CC(C)C)C(N)=O.CCOC(=O)CCc1cc(-c2c(C)ccc(C)c2C)cc(C)c1F. The van der Waals surface area contributed by atoms with Crippen molar-refractivity contribution in [2.24, 2.45) is 11.7 Å². The van der Waals surface area contributed by atoms with Crippen molar-refractivity contribution in [3.8, 4) is 11.1 Å². The summed E-state index contributed by atoms with van der Waals surface area (Å²) >= 11 is 0. The molecular formula is C30H43FN2O4. The minimum atomic E-state index is -0.475. The molecule has 2 N–H and O–H groups in total. The van der Waals surface area contributed by atoms with Crippen LogP contribution in [0.5, 0.6) is 0 Å². The smallest absolute Gasteiger partial charge is 0.306 e. The van der Waals surface area contributed by atoms with Gasteiger partial charge in [-0.3, -0.25) is 14.4 Å². The second-order valence-electron chi connectivity index (χ2n) is 9.95. The molecule has 2 aromatic rings. The summed E-state index contributed by atoms with van der Waals surface area (Å²) < 4.78 is 19.4. The summed E-state index contributed by atoms with van der Waals surface area (Å²) in [6.07, 6.45) is 1.16. The summed E-state index contributed by atoms with van der Waals surface area (Å²) in [4.78, 5) is 35.0. The summed E-state index contributed by atoms with van der Waals surface area (Å²) in [6.45, 7) is 15.5. The number of carbonyl (C=O) groups excluding carboxylic acids is 3. The van der Waals surface area contributed by atoms with Crippen LogP contribution in [0.4, 0.5) is 4.39 Å². The lowest BCUT2D eigenvalue weighted by atomic mass is 9.90. The third-order valence-corrected chi connectivity index (χ3v) is 6.45. The van der Waals surface area contributed by atoms with Gasteiger partial charge < -0.3 is 15.4 Å². The van der Waals surface area contributed by atoms with E-state index in [1.807, 2.05) is 26.0 Å². The maximum Gasteiger partial charge on any atom is 0.306 e. The number of hydrogen-bond donors (Lipinski definition) is 1. The van der Waals surface area contributed by atoms with E-state index in [2.05, 4.69) is 32.9 Å². The summed E-state index contributed by atoms with van der Waals surface area (Å²) in [5.74, 6) is -0.746.